The Morgan fingerprint density at radius 2 is 2.29 bits per heavy atom. The molecule has 76 valence electrons. The van der Waals surface area contributed by atoms with Crippen LogP contribution in [0, 0.1) is 5.82 Å². The van der Waals surface area contributed by atoms with Gasteiger partial charge in [-0.05, 0) is 12.1 Å². The summed E-state index contributed by atoms with van der Waals surface area (Å²) in [6, 6.07) is 4.63. The van der Waals surface area contributed by atoms with E-state index < -0.39 is 0 Å². The van der Waals surface area contributed by atoms with Crippen LogP contribution < -0.4 is 5.32 Å². The molecule has 4 heteroatoms. The van der Waals surface area contributed by atoms with Crippen LogP contribution >= 0.6 is 11.6 Å². The van der Waals surface area contributed by atoms with E-state index in [0.717, 1.165) is 13.1 Å². The molecule has 14 heavy (non-hydrogen) atoms. The molecule has 0 saturated carbocycles. The molecule has 1 heterocycles. The number of hydrogen-bond acceptors (Lipinski definition) is 2. The van der Waals surface area contributed by atoms with Crippen molar-refractivity contribution >= 4 is 11.6 Å². The lowest BCUT2D eigenvalue weighted by atomic mass is 10.2. The highest BCUT2D eigenvalue weighted by Crippen LogP contribution is 2.16. The Bertz CT molecular complexity index is 328. The van der Waals surface area contributed by atoms with Crippen molar-refractivity contribution in [3.05, 3.63) is 34.6 Å². The van der Waals surface area contributed by atoms with Crippen LogP contribution in [0.4, 0.5) is 4.39 Å². The summed E-state index contributed by atoms with van der Waals surface area (Å²) in [4.78, 5) is 0. The van der Waals surface area contributed by atoms with Crippen LogP contribution in [0.15, 0.2) is 18.2 Å². The third-order valence-corrected chi connectivity index (χ3v) is 2.47. The van der Waals surface area contributed by atoms with Gasteiger partial charge in [-0.1, -0.05) is 17.7 Å². The maximum Gasteiger partial charge on any atom is 0.130 e. The molecule has 1 aliphatic heterocycles. The number of nitrogens with one attached hydrogen (secondary N) is 1. The molecule has 0 aliphatic carbocycles. The van der Waals surface area contributed by atoms with E-state index in [0.29, 0.717) is 17.2 Å². The SMILES string of the molecule is Fc1cc(Cl)ccc1COC1CNC1. The second-order valence-electron chi connectivity index (χ2n) is 3.33. The van der Waals surface area contributed by atoms with Gasteiger partial charge in [-0.25, -0.2) is 4.39 Å². The number of benzene rings is 1. The minimum atomic E-state index is -0.301. The van der Waals surface area contributed by atoms with Crippen LogP contribution in [0.5, 0.6) is 0 Å². The summed E-state index contributed by atoms with van der Waals surface area (Å²) in [6.07, 6.45) is 0.227. The fraction of sp³-hybridized carbons (Fsp3) is 0.400. The Morgan fingerprint density at radius 1 is 1.50 bits per heavy atom. The zero-order valence-corrected chi connectivity index (χ0v) is 8.35. The van der Waals surface area contributed by atoms with E-state index in [2.05, 4.69) is 5.32 Å². The van der Waals surface area contributed by atoms with Crippen molar-refractivity contribution in [1.29, 1.82) is 0 Å². The van der Waals surface area contributed by atoms with Crippen molar-refractivity contribution in [1.82, 2.24) is 5.32 Å². The van der Waals surface area contributed by atoms with Gasteiger partial charge in [0.25, 0.3) is 0 Å². The van der Waals surface area contributed by atoms with Crippen LogP contribution in [0.2, 0.25) is 5.02 Å². The van der Waals surface area contributed by atoms with Crippen molar-refractivity contribution in [3.63, 3.8) is 0 Å². The van der Waals surface area contributed by atoms with Crippen LogP contribution in [0.1, 0.15) is 5.56 Å². The molecule has 0 radical (unpaired) electrons. The van der Waals surface area contributed by atoms with Crippen LogP contribution in [-0.4, -0.2) is 19.2 Å². The first-order valence-corrected chi connectivity index (χ1v) is 4.90. The lowest BCUT2D eigenvalue weighted by Crippen LogP contribution is -2.48. The number of rotatable bonds is 3. The van der Waals surface area contributed by atoms with Gasteiger partial charge >= 0.3 is 0 Å². The predicted octanol–water partition coefficient (Wildman–Crippen LogP) is 1.97. The number of halogens is 2. The molecule has 0 atom stereocenters. The number of ether oxygens (including phenoxy) is 1. The normalized spacial score (nSPS) is 16.7. The van der Waals surface area contributed by atoms with Crippen molar-refractivity contribution in [3.8, 4) is 0 Å². The van der Waals surface area contributed by atoms with E-state index in [1.54, 1.807) is 12.1 Å². The quantitative estimate of drug-likeness (QED) is 0.833. The summed E-state index contributed by atoms with van der Waals surface area (Å²) >= 11 is 5.63. The van der Waals surface area contributed by atoms with Crippen LogP contribution in [0.3, 0.4) is 0 Å². The fourth-order valence-corrected chi connectivity index (χ4v) is 1.39. The van der Waals surface area contributed by atoms with Gasteiger partial charge in [0, 0.05) is 23.7 Å². The summed E-state index contributed by atoms with van der Waals surface area (Å²) in [6.45, 7) is 2.03. The predicted molar refractivity (Wildman–Crippen MR) is 52.9 cm³/mol. The van der Waals surface area contributed by atoms with Gasteiger partial charge in [0.15, 0.2) is 0 Å². The molecule has 0 spiro atoms. The van der Waals surface area contributed by atoms with E-state index >= 15 is 0 Å². The Hall–Kier alpha value is -0.640. The molecule has 0 amide bonds. The van der Waals surface area contributed by atoms with Gasteiger partial charge in [0.2, 0.25) is 0 Å². The largest absolute Gasteiger partial charge is 0.371 e. The monoisotopic (exact) mass is 215 g/mol. The summed E-state index contributed by atoms with van der Waals surface area (Å²) in [5.74, 6) is -0.301. The van der Waals surface area contributed by atoms with Gasteiger partial charge in [-0.2, -0.15) is 0 Å². The topological polar surface area (TPSA) is 21.3 Å². The molecule has 2 rings (SSSR count). The zero-order chi connectivity index (χ0) is 9.97. The molecule has 1 N–H and O–H groups in total. The molecule has 1 aromatic carbocycles. The fourth-order valence-electron chi connectivity index (χ4n) is 1.23. The third kappa shape index (κ3) is 2.23. The van der Waals surface area contributed by atoms with E-state index in [1.807, 2.05) is 0 Å². The van der Waals surface area contributed by atoms with Gasteiger partial charge in [0.1, 0.15) is 5.82 Å². The Labute approximate surface area is 87.0 Å². The maximum absolute atomic E-state index is 13.2. The summed E-state index contributed by atoms with van der Waals surface area (Å²) < 4.78 is 18.7. The van der Waals surface area contributed by atoms with E-state index in [1.165, 1.54) is 6.07 Å². The second-order valence-corrected chi connectivity index (χ2v) is 3.76. The second kappa shape index (κ2) is 4.26. The van der Waals surface area contributed by atoms with Crippen molar-refractivity contribution in [2.24, 2.45) is 0 Å². The van der Waals surface area contributed by atoms with Crippen molar-refractivity contribution in [2.45, 2.75) is 12.7 Å². The van der Waals surface area contributed by atoms with Gasteiger partial charge in [-0.3, -0.25) is 0 Å². The van der Waals surface area contributed by atoms with Crippen LogP contribution in [0.25, 0.3) is 0 Å². The third-order valence-electron chi connectivity index (χ3n) is 2.23. The smallest absolute Gasteiger partial charge is 0.130 e. The summed E-state index contributed by atoms with van der Waals surface area (Å²) in [7, 11) is 0. The Morgan fingerprint density at radius 3 is 2.86 bits per heavy atom. The summed E-state index contributed by atoms with van der Waals surface area (Å²) in [5, 5.41) is 3.49. The molecule has 0 bridgehead atoms. The molecule has 0 aromatic heterocycles. The molecule has 1 saturated heterocycles. The van der Waals surface area contributed by atoms with E-state index in [9.17, 15) is 4.39 Å². The Kier molecular flexibility index (Phi) is 3.01. The lowest BCUT2D eigenvalue weighted by Gasteiger charge is -2.27. The standard InChI is InChI=1S/C10H11ClFNO/c11-8-2-1-7(10(12)3-8)6-14-9-4-13-5-9/h1-3,9,13H,4-6H2. The Balaban J connectivity index is 1.94. The maximum atomic E-state index is 13.2. The first-order valence-electron chi connectivity index (χ1n) is 4.52. The first kappa shape index (κ1) is 9.90. The average Bonchev–Trinajstić information content (AvgIpc) is 2.05. The molecule has 2 nitrogen and oxygen atoms in total. The van der Waals surface area contributed by atoms with E-state index in [4.69, 9.17) is 16.3 Å². The highest BCUT2D eigenvalue weighted by Gasteiger charge is 2.17. The molecule has 1 fully saturated rings. The average molecular weight is 216 g/mol. The molecular formula is C10H11ClFNO. The molecule has 1 aromatic rings. The minimum Gasteiger partial charge on any atom is -0.371 e. The minimum absolute atomic E-state index is 0.227. The zero-order valence-electron chi connectivity index (χ0n) is 7.59. The summed E-state index contributed by atoms with van der Waals surface area (Å²) in [5.41, 5.74) is 0.557. The van der Waals surface area contributed by atoms with Gasteiger partial charge in [-0.15, -0.1) is 0 Å². The van der Waals surface area contributed by atoms with Crippen molar-refractivity contribution < 1.29 is 9.13 Å². The molecule has 0 unspecified atom stereocenters. The van der Waals surface area contributed by atoms with Crippen molar-refractivity contribution in [2.75, 3.05) is 13.1 Å². The lowest BCUT2D eigenvalue weighted by molar-refractivity contribution is 0.00638. The van der Waals surface area contributed by atoms with E-state index in [-0.39, 0.29) is 11.9 Å². The van der Waals surface area contributed by atoms with Crippen LogP contribution in [-0.2, 0) is 11.3 Å². The molecule has 1 aliphatic rings. The van der Waals surface area contributed by atoms with Gasteiger partial charge < -0.3 is 10.1 Å². The highest BCUT2D eigenvalue weighted by atomic mass is 35.5. The number of hydrogen-bond donors (Lipinski definition) is 1. The highest BCUT2D eigenvalue weighted by molar-refractivity contribution is 6.30. The van der Waals surface area contributed by atoms with Gasteiger partial charge in [0.05, 0.1) is 12.7 Å². The molecular weight excluding hydrogens is 205 g/mol. The first-order chi connectivity index (χ1) is 6.75.